The van der Waals surface area contributed by atoms with Crippen molar-refractivity contribution in [3.8, 4) is 0 Å². The van der Waals surface area contributed by atoms with Crippen LogP contribution in [-0.2, 0) is 0 Å². The molecule has 1 aliphatic heterocycles. The average Bonchev–Trinajstić information content (AvgIpc) is 2.92. The lowest BCUT2D eigenvalue weighted by atomic mass is 10.0. The predicted octanol–water partition coefficient (Wildman–Crippen LogP) is 3.60. The van der Waals surface area contributed by atoms with E-state index in [2.05, 4.69) is 54.4 Å². The summed E-state index contributed by atoms with van der Waals surface area (Å²) in [5, 5.41) is 3.80. The molecule has 0 saturated carbocycles. The van der Waals surface area contributed by atoms with E-state index in [0.717, 1.165) is 12.6 Å². The second-order valence-corrected chi connectivity index (χ2v) is 5.58. The molecule has 1 heterocycles. The maximum atomic E-state index is 3.80. The Bertz CT molecular complexity index is 350. The highest BCUT2D eigenvalue weighted by Crippen LogP contribution is 2.20. The molecule has 1 aliphatic rings. The summed E-state index contributed by atoms with van der Waals surface area (Å²) in [6, 6.07) is 12.2. The Morgan fingerprint density at radius 1 is 1.26 bits per heavy atom. The Kier molecular flexibility index (Phi) is 5.87. The van der Waals surface area contributed by atoms with Crippen LogP contribution in [0.2, 0.25) is 0 Å². The molecule has 2 rings (SSSR count). The molecule has 0 radical (unpaired) electrons. The number of hydrogen-bond donors (Lipinski definition) is 1. The minimum absolute atomic E-state index is 0.519. The molecule has 1 N–H and O–H groups in total. The fraction of sp³-hybridized carbons (Fsp3) is 0.647. The van der Waals surface area contributed by atoms with Crippen molar-refractivity contribution >= 4 is 0 Å². The Morgan fingerprint density at radius 2 is 2.05 bits per heavy atom. The topological polar surface area (TPSA) is 15.3 Å². The molecule has 19 heavy (non-hydrogen) atoms. The lowest BCUT2D eigenvalue weighted by molar-refractivity contribution is 0.252. The van der Waals surface area contributed by atoms with E-state index in [9.17, 15) is 0 Å². The van der Waals surface area contributed by atoms with Crippen LogP contribution in [0.15, 0.2) is 30.3 Å². The van der Waals surface area contributed by atoms with E-state index in [1.807, 2.05) is 0 Å². The van der Waals surface area contributed by atoms with Gasteiger partial charge in [-0.15, -0.1) is 0 Å². The largest absolute Gasteiger partial charge is 0.308 e. The van der Waals surface area contributed by atoms with Crippen molar-refractivity contribution in [3.63, 3.8) is 0 Å². The quantitative estimate of drug-likeness (QED) is 0.806. The summed E-state index contributed by atoms with van der Waals surface area (Å²) in [6.45, 7) is 8.15. The molecule has 2 unspecified atom stereocenters. The Hall–Kier alpha value is -0.860. The van der Waals surface area contributed by atoms with Gasteiger partial charge in [-0.1, -0.05) is 50.6 Å². The third-order valence-electron chi connectivity index (χ3n) is 4.28. The van der Waals surface area contributed by atoms with Gasteiger partial charge in [-0.2, -0.15) is 0 Å². The summed E-state index contributed by atoms with van der Waals surface area (Å²) in [7, 11) is 0. The van der Waals surface area contributed by atoms with Gasteiger partial charge in [0, 0.05) is 18.6 Å². The van der Waals surface area contributed by atoms with E-state index in [-0.39, 0.29) is 0 Å². The molecule has 2 atom stereocenters. The third kappa shape index (κ3) is 4.05. The lowest BCUT2D eigenvalue weighted by Gasteiger charge is -2.26. The third-order valence-corrected chi connectivity index (χ3v) is 4.28. The number of nitrogens with zero attached hydrogens (tertiary/aromatic N) is 1. The highest BCUT2D eigenvalue weighted by molar-refractivity contribution is 5.18. The standard InChI is InChI=1S/C17H28N2/c1-3-9-17(15-10-6-5-7-11-15)18-14-16-12-8-13-19(16)4-2/h5-7,10-11,16-18H,3-4,8-9,12-14H2,1-2H3. The van der Waals surface area contributed by atoms with Gasteiger partial charge >= 0.3 is 0 Å². The summed E-state index contributed by atoms with van der Waals surface area (Å²) in [4.78, 5) is 2.61. The maximum Gasteiger partial charge on any atom is 0.0320 e. The monoisotopic (exact) mass is 260 g/mol. The Morgan fingerprint density at radius 3 is 2.74 bits per heavy atom. The van der Waals surface area contributed by atoms with E-state index < -0.39 is 0 Å². The highest BCUT2D eigenvalue weighted by atomic mass is 15.2. The SMILES string of the molecule is CCCC(NCC1CCCN1CC)c1ccccc1. The van der Waals surface area contributed by atoms with E-state index in [1.165, 1.54) is 44.3 Å². The minimum atomic E-state index is 0.519. The van der Waals surface area contributed by atoms with Crippen LogP contribution in [0.1, 0.15) is 51.1 Å². The molecule has 2 nitrogen and oxygen atoms in total. The second-order valence-electron chi connectivity index (χ2n) is 5.58. The molecular weight excluding hydrogens is 232 g/mol. The van der Waals surface area contributed by atoms with Crippen LogP contribution in [0.5, 0.6) is 0 Å². The number of hydrogen-bond acceptors (Lipinski definition) is 2. The molecule has 0 aromatic heterocycles. The Labute approximate surface area is 118 Å². The van der Waals surface area contributed by atoms with E-state index in [0.29, 0.717) is 6.04 Å². The minimum Gasteiger partial charge on any atom is -0.308 e. The normalized spacial score (nSPS) is 21.7. The summed E-state index contributed by atoms with van der Waals surface area (Å²) < 4.78 is 0. The van der Waals surface area contributed by atoms with Gasteiger partial charge in [0.25, 0.3) is 0 Å². The van der Waals surface area contributed by atoms with Crippen molar-refractivity contribution in [2.75, 3.05) is 19.6 Å². The number of likely N-dealkylation sites (N-methyl/N-ethyl adjacent to an activating group) is 1. The molecule has 0 bridgehead atoms. The molecule has 1 saturated heterocycles. The molecule has 106 valence electrons. The maximum absolute atomic E-state index is 3.80. The van der Waals surface area contributed by atoms with Crippen LogP contribution in [-0.4, -0.2) is 30.6 Å². The van der Waals surface area contributed by atoms with E-state index in [4.69, 9.17) is 0 Å². The van der Waals surface area contributed by atoms with Crippen molar-refractivity contribution < 1.29 is 0 Å². The van der Waals surface area contributed by atoms with Gasteiger partial charge in [-0.05, 0) is 37.9 Å². The van der Waals surface area contributed by atoms with E-state index in [1.54, 1.807) is 0 Å². The summed E-state index contributed by atoms with van der Waals surface area (Å²) in [6.07, 6.45) is 5.18. The van der Waals surface area contributed by atoms with Crippen molar-refractivity contribution in [2.45, 2.75) is 51.6 Å². The zero-order valence-corrected chi connectivity index (χ0v) is 12.4. The smallest absolute Gasteiger partial charge is 0.0320 e. The first kappa shape index (κ1) is 14.5. The highest BCUT2D eigenvalue weighted by Gasteiger charge is 2.23. The zero-order valence-electron chi connectivity index (χ0n) is 12.4. The number of benzene rings is 1. The van der Waals surface area contributed by atoms with Crippen molar-refractivity contribution in [3.05, 3.63) is 35.9 Å². The number of likely N-dealkylation sites (tertiary alicyclic amines) is 1. The van der Waals surface area contributed by atoms with Crippen LogP contribution >= 0.6 is 0 Å². The van der Waals surface area contributed by atoms with Gasteiger partial charge in [0.05, 0.1) is 0 Å². The fourth-order valence-corrected chi connectivity index (χ4v) is 3.18. The molecule has 1 fully saturated rings. The first-order valence-corrected chi connectivity index (χ1v) is 7.87. The van der Waals surface area contributed by atoms with Crippen LogP contribution in [0.25, 0.3) is 0 Å². The molecule has 0 aliphatic carbocycles. The fourth-order valence-electron chi connectivity index (χ4n) is 3.18. The van der Waals surface area contributed by atoms with Gasteiger partial charge in [-0.3, -0.25) is 4.90 Å². The van der Waals surface area contributed by atoms with Gasteiger partial charge in [-0.25, -0.2) is 0 Å². The number of rotatable bonds is 7. The predicted molar refractivity (Wildman–Crippen MR) is 82.4 cm³/mol. The summed E-state index contributed by atoms with van der Waals surface area (Å²) in [5.41, 5.74) is 1.44. The molecular formula is C17H28N2. The first-order valence-electron chi connectivity index (χ1n) is 7.87. The molecule has 0 spiro atoms. The van der Waals surface area contributed by atoms with Gasteiger partial charge in [0.15, 0.2) is 0 Å². The lowest BCUT2D eigenvalue weighted by Crippen LogP contribution is -2.39. The van der Waals surface area contributed by atoms with Crippen molar-refractivity contribution in [1.29, 1.82) is 0 Å². The summed E-state index contributed by atoms with van der Waals surface area (Å²) in [5.74, 6) is 0. The van der Waals surface area contributed by atoms with Crippen LogP contribution in [0, 0.1) is 0 Å². The molecule has 1 aromatic rings. The Balaban J connectivity index is 1.90. The average molecular weight is 260 g/mol. The zero-order chi connectivity index (χ0) is 13.5. The van der Waals surface area contributed by atoms with Crippen LogP contribution < -0.4 is 5.32 Å². The molecule has 0 amide bonds. The summed E-state index contributed by atoms with van der Waals surface area (Å²) >= 11 is 0. The van der Waals surface area contributed by atoms with Crippen LogP contribution in [0.4, 0.5) is 0 Å². The second kappa shape index (κ2) is 7.66. The first-order chi connectivity index (χ1) is 9.35. The van der Waals surface area contributed by atoms with Gasteiger partial charge in [0.2, 0.25) is 0 Å². The van der Waals surface area contributed by atoms with E-state index >= 15 is 0 Å². The van der Waals surface area contributed by atoms with Gasteiger partial charge < -0.3 is 5.32 Å². The molecule has 1 aromatic carbocycles. The van der Waals surface area contributed by atoms with Gasteiger partial charge in [0.1, 0.15) is 0 Å². The van der Waals surface area contributed by atoms with Crippen molar-refractivity contribution in [1.82, 2.24) is 10.2 Å². The van der Waals surface area contributed by atoms with Crippen molar-refractivity contribution in [2.24, 2.45) is 0 Å². The van der Waals surface area contributed by atoms with Crippen LogP contribution in [0.3, 0.4) is 0 Å². The molecule has 2 heteroatoms. The number of nitrogens with one attached hydrogen (secondary N) is 1.